The highest BCUT2D eigenvalue weighted by Gasteiger charge is 2.52. The standard InChI is InChI=1S/C14H18ClN3O2/c1-8-11-7-17(13(16)19)14(2,3)18(11)10-6-9(15)4-5-12(10)20-8/h4-6,8,11H,7H2,1-3H3,(H2,16,19). The maximum atomic E-state index is 11.7. The summed E-state index contributed by atoms with van der Waals surface area (Å²) in [7, 11) is 0. The molecule has 0 bridgehead atoms. The SMILES string of the molecule is CC1Oc2ccc(Cl)cc2N2C1CN(C(N)=O)C2(C)C. The lowest BCUT2D eigenvalue weighted by atomic mass is 10.1. The fraction of sp³-hybridized carbons (Fsp3) is 0.500. The maximum absolute atomic E-state index is 11.7. The zero-order valence-corrected chi connectivity index (χ0v) is 12.5. The van der Waals surface area contributed by atoms with Crippen LogP contribution in [0, 0.1) is 0 Å². The zero-order chi connectivity index (χ0) is 14.7. The second kappa shape index (κ2) is 4.19. The summed E-state index contributed by atoms with van der Waals surface area (Å²) in [5.41, 5.74) is 5.92. The van der Waals surface area contributed by atoms with Crippen LogP contribution in [0.1, 0.15) is 20.8 Å². The van der Waals surface area contributed by atoms with Gasteiger partial charge in [0.25, 0.3) is 0 Å². The Bertz CT molecular complexity index is 576. The van der Waals surface area contributed by atoms with Crippen LogP contribution in [-0.2, 0) is 0 Å². The van der Waals surface area contributed by atoms with Crippen LogP contribution in [0.5, 0.6) is 5.75 Å². The Balaban J connectivity index is 2.13. The highest BCUT2D eigenvalue weighted by molar-refractivity contribution is 6.31. The molecule has 2 unspecified atom stereocenters. The van der Waals surface area contributed by atoms with Crippen molar-refractivity contribution in [2.24, 2.45) is 5.73 Å². The van der Waals surface area contributed by atoms with Crippen molar-refractivity contribution < 1.29 is 9.53 Å². The van der Waals surface area contributed by atoms with Crippen LogP contribution >= 0.6 is 11.6 Å². The predicted molar refractivity (Wildman–Crippen MR) is 78.2 cm³/mol. The van der Waals surface area contributed by atoms with Crippen LogP contribution in [0.25, 0.3) is 0 Å². The molecule has 2 aliphatic rings. The molecule has 2 N–H and O–H groups in total. The van der Waals surface area contributed by atoms with E-state index in [1.54, 1.807) is 4.90 Å². The molecule has 2 atom stereocenters. The van der Waals surface area contributed by atoms with Gasteiger partial charge in [0, 0.05) is 11.6 Å². The number of halogens is 1. The van der Waals surface area contributed by atoms with Gasteiger partial charge < -0.3 is 20.3 Å². The lowest BCUT2D eigenvalue weighted by Gasteiger charge is -2.44. The van der Waals surface area contributed by atoms with E-state index in [2.05, 4.69) is 4.90 Å². The molecule has 0 radical (unpaired) electrons. The molecule has 1 aromatic rings. The molecule has 6 heteroatoms. The highest BCUT2D eigenvalue weighted by atomic mass is 35.5. The minimum Gasteiger partial charge on any atom is -0.486 e. The number of carbonyl (C=O) groups is 1. The molecule has 108 valence electrons. The summed E-state index contributed by atoms with van der Waals surface area (Å²) in [4.78, 5) is 15.6. The quantitative estimate of drug-likeness (QED) is 0.800. The minimum atomic E-state index is -0.506. The number of urea groups is 1. The first kappa shape index (κ1) is 13.4. The molecule has 1 saturated heterocycles. The van der Waals surface area contributed by atoms with Crippen LogP contribution in [0.15, 0.2) is 18.2 Å². The molecule has 1 fully saturated rings. The number of anilines is 1. The van der Waals surface area contributed by atoms with Crippen LogP contribution in [0.2, 0.25) is 5.02 Å². The summed E-state index contributed by atoms with van der Waals surface area (Å²) in [6, 6.07) is 5.21. The van der Waals surface area contributed by atoms with Gasteiger partial charge in [-0.3, -0.25) is 0 Å². The van der Waals surface area contributed by atoms with Crippen molar-refractivity contribution in [2.75, 3.05) is 11.4 Å². The summed E-state index contributed by atoms with van der Waals surface area (Å²) < 4.78 is 5.94. The maximum Gasteiger partial charge on any atom is 0.316 e. The van der Waals surface area contributed by atoms with Gasteiger partial charge in [0.15, 0.2) is 0 Å². The van der Waals surface area contributed by atoms with Crippen LogP contribution < -0.4 is 15.4 Å². The van der Waals surface area contributed by atoms with Crippen molar-refractivity contribution >= 4 is 23.3 Å². The smallest absolute Gasteiger partial charge is 0.316 e. The average molecular weight is 296 g/mol. The van der Waals surface area contributed by atoms with E-state index in [0.717, 1.165) is 11.4 Å². The number of carbonyl (C=O) groups excluding carboxylic acids is 1. The van der Waals surface area contributed by atoms with E-state index in [9.17, 15) is 4.79 Å². The summed E-state index contributed by atoms with van der Waals surface area (Å²) in [6.07, 6.45) is -0.0210. The van der Waals surface area contributed by atoms with E-state index in [4.69, 9.17) is 22.1 Å². The average Bonchev–Trinajstić information content (AvgIpc) is 2.63. The second-order valence-corrected chi connectivity index (χ2v) is 6.25. The van der Waals surface area contributed by atoms with Gasteiger partial charge in [-0.15, -0.1) is 0 Å². The Morgan fingerprint density at radius 3 is 2.85 bits per heavy atom. The Hall–Kier alpha value is -1.62. The molecular weight excluding hydrogens is 278 g/mol. The summed E-state index contributed by atoms with van der Waals surface area (Å²) in [5.74, 6) is 0.789. The number of ether oxygens (including phenoxy) is 1. The first-order valence-electron chi connectivity index (χ1n) is 6.65. The van der Waals surface area contributed by atoms with E-state index in [0.29, 0.717) is 11.6 Å². The van der Waals surface area contributed by atoms with Crippen molar-refractivity contribution in [3.05, 3.63) is 23.2 Å². The Morgan fingerprint density at radius 2 is 2.20 bits per heavy atom. The Morgan fingerprint density at radius 1 is 1.50 bits per heavy atom. The molecular formula is C14H18ClN3O2. The predicted octanol–water partition coefficient (Wildman–Crippen LogP) is 2.43. The second-order valence-electron chi connectivity index (χ2n) is 5.82. The fourth-order valence-electron chi connectivity index (χ4n) is 3.28. The summed E-state index contributed by atoms with van der Waals surface area (Å²) in [6.45, 7) is 6.53. The number of primary amides is 1. The van der Waals surface area contributed by atoms with Crippen molar-refractivity contribution in [3.8, 4) is 5.75 Å². The van der Waals surface area contributed by atoms with Crippen molar-refractivity contribution in [1.82, 2.24) is 4.90 Å². The van der Waals surface area contributed by atoms with Gasteiger partial charge in [-0.05, 0) is 39.0 Å². The molecule has 2 amide bonds. The number of amides is 2. The fourth-order valence-corrected chi connectivity index (χ4v) is 3.44. The van der Waals surface area contributed by atoms with Gasteiger partial charge in [-0.25, -0.2) is 4.79 Å². The molecule has 0 aromatic heterocycles. The van der Waals surface area contributed by atoms with Gasteiger partial charge >= 0.3 is 6.03 Å². The molecule has 0 aliphatic carbocycles. The first-order valence-corrected chi connectivity index (χ1v) is 7.03. The van der Waals surface area contributed by atoms with Gasteiger partial charge in [0.05, 0.1) is 11.7 Å². The Kier molecular flexibility index (Phi) is 2.80. The number of nitrogens with zero attached hydrogens (tertiary/aromatic N) is 2. The lowest BCUT2D eigenvalue weighted by Crippen LogP contribution is -2.56. The number of fused-ring (bicyclic) bond motifs is 3. The molecule has 2 heterocycles. The van der Waals surface area contributed by atoms with E-state index in [1.807, 2.05) is 39.0 Å². The molecule has 2 aliphatic heterocycles. The largest absolute Gasteiger partial charge is 0.486 e. The molecule has 20 heavy (non-hydrogen) atoms. The van der Waals surface area contributed by atoms with E-state index >= 15 is 0 Å². The zero-order valence-electron chi connectivity index (χ0n) is 11.8. The van der Waals surface area contributed by atoms with E-state index in [-0.39, 0.29) is 12.1 Å². The highest BCUT2D eigenvalue weighted by Crippen LogP contribution is 2.46. The lowest BCUT2D eigenvalue weighted by molar-refractivity contribution is 0.175. The number of hydrogen-bond donors (Lipinski definition) is 1. The monoisotopic (exact) mass is 295 g/mol. The van der Waals surface area contributed by atoms with Gasteiger partial charge in [0.1, 0.15) is 17.5 Å². The third-order valence-electron chi connectivity index (χ3n) is 4.25. The number of nitrogens with two attached hydrogens (primary N) is 1. The molecule has 3 rings (SSSR count). The number of hydrogen-bond acceptors (Lipinski definition) is 3. The third-order valence-corrected chi connectivity index (χ3v) is 4.49. The van der Waals surface area contributed by atoms with Crippen LogP contribution in [-0.4, -0.2) is 35.3 Å². The number of benzene rings is 1. The first-order chi connectivity index (χ1) is 9.32. The molecule has 5 nitrogen and oxygen atoms in total. The van der Waals surface area contributed by atoms with E-state index < -0.39 is 11.7 Å². The molecule has 0 spiro atoms. The Labute approximate surface area is 123 Å². The number of rotatable bonds is 0. The molecule has 1 aromatic carbocycles. The van der Waals surface area contributed by atoms with Gasteiger partial charge in [-0.2, -0.15) is 0 Å². The summed E-state index contributed by atoms with van der Waals surface area (Å²) in [5, 5.41) is 0.647. The van der Waals surface area contributed by atoms with Gasteiger partial charge in [0.2, 0.25) is 0 Å². The summed E-state index contributed by atoms with van der Waals surface area (Å²) >= 11 is 6.11. The third kappa shape index (κ3) is 1.73. The molecule has 0 saturated carbocycles. The minimum absolute atomic E-state index is 0.0210. The normalized spacial score (nSPS) is 26.8. The van der Waals surface area contributed by atoms with Crippen molar-refractivity contribution in [1.29, 1.82) is 0 Å². The van der Waals surface area contributed by atoms with Crippen LogP contribution in [0.4, 0.5) is 10.5 Å². The van der Waals surface area contributed by atoms with E-state index in [1.165, 1.54) is 0 Å². The van der Waals surface area contributed by atoms with Crippen LogP contribution in [0.3, 0.4) is 0 Å². The van der Waals surface area contributed by atoms with Gasteiger partial charge in [-0.1, -0.05) is 11.6 Å². The van der Waals surface area contributed by atoms with Crippen molar-refractivity contribution in [2.45, 2.75) is 38.6 Å². The topological polar surface area (TPSA) is 58.8 Å². The van der Waals surface area contributed by atoms with Crippen molar-refractivity contribution in [3.63, 3.8) is 0 Å².